The number of carboxylic acids is 2. The van der Waals surface area contributed by atoms with Crippen molar-refractivity contribution in [3.05, 3.63) is 0 Å². The highest BCUT2D eigenvalue weighted by atomic mass is 16.5. The van der Waals surface area contributed by atoms with E-state index in [0.717, 1.165) is 0 Å². The Balaban J connectivity index is 4.39. The molecule has 0 aliphatic carbocycles. The van der Waals surface area contributed by atoms with Crippen molar-refractivity contribution in [1.82, 2.24) is 10.6 Å². The van der Waals surface area contributed by atoms with Gasteiger partial charge in [0.1, 0.15) is 6.04 Å². The summed E-state index contributed by atoms with van der Waals surface area (Å²) in [5, 5.41) is 22.1. The number of ether oxygens (including phenoxy) is 1. The van der Waals surface area contributed by atoms with E-state index in [1.165, 1.54) is 7.11 Å². The summed E-state index contributed by atoms with van der Waals surface area (Å²) < 4.78 is 4.90. The van der Waals surface area contributed by atoms with Gasteiger partial charge in [0.2, 0.25) is 0 Å². The van der Waals surface area contributed by atoms with E-state index in [4.69, 9.17) is 14.9 Å². The molecule has 0 aliphatic rings. The SMILES string of the molecule is COCC(C)(C)NC(=O)N[C@@H](CCC(=O)O)C(=O)O. The standard InChI is InChI=1S/C11H20N2O6/c1-11(2,6-19-3)13-10(18)12-7(9(16)17)4-5-8(14)15/h7H,4-6H2,1-3H3,(H,14,15)(H,16,17)(H2,12,13,18)/t7-/m0/s1. The van der Waals surface area contributed by atoms with Crippen LogP contribution in [-0.4, -0.2) is 53.5 Å². The number of nitrogens with one attached hydrogen (secondary N) is 2. The molecule has 0 saturated carbocycles. The molecule has 0 aliphatic heterocycles. The summed E-state index contributed by atoms with van der Waals surface area (Å²) in [6.07, 6.45) is -0.512. The summed E-state index contributed by atoms with van der Waals surface area (Å²) >= 11 is 0. The maximum atomic E-state index is 11.6. The first-order valence-electron chi connectivity index (χ1n) is 5.70. The minimum absolute atomic E-state index is 0.178. The smallest absolute Gasteiger partial charge is 0.326 e. The molecule has 0 spiro atoms. The van der Waals surface area contributed by atoms with Crippen LogP contribution in [0.2, 0.25) is 0 Å². The first kappa shape index (κ1) is 17.2. The van der Waals surface area contributed by atoms with Crippen LogP contribution in [0.25, 0.3) is 0 Å². The topological polar surface area (TPSA) is 125 Å². The molecule has 0 aromatic heterocycles. The molecular formula is C11H20N2O6. The van der Waals surface area contributed by atoms with E-state index >= 15 is 0 Å². The summed E-state index contributed by atoms with van der Waals surface area (Å²) in [6, 6.07) is -1.92. The molecule has 0 aromatic rings. The van der Waals surface area contributed by atoms with E-state index in [-0.39, 0.29) is 19.4 Å². The lowest BCUT2D eigenvalue weighted by Crippen LogP contribution is -2.54. The first-order chi connectivity index (χ1) is 8.68. The molecule has 8 nitrogen and oxygen atoms in total. The molecule has 0 heterocycles. The quantitative estimate of drug-likeness (QED) is 0.495. The van der Waals surface area contributed by atoms with Gasteiger partial charge in [-0.2, -0.15) is 0 Å². The van der Waals surface area contributed by atoms with Crippen molar-refractivity contribution in [1.29, 1.82) is 0 Å². The van der Waals surface area contributed by atoms with Crippen LogP contribution >= 0.6 is 0 Å². The molecule has 0 radical (unpaired) electrons. The first-order valence-corrected chi connectivity index (χ1v) is 5.70. The number of methoxy groups -OCH3 is 1. The van der Waals surface area contributed by atoms with E-state index in [2.05, 4.69) is 10.6 Å². The Labute approximate surface area is 111 Å². The average molecular weight is 276 g/mol. The summed E-state index contributed by atoms with van der Waals surface area (Å²) in [5.74, 6) is -2.39. The lowest BCUT2D eigenvalue weighted by Gasteiger charge is -2.26. The molecule has 0 aromatic carbocycles. The fourth-order valence-electron chi connectivity index (χ4n) is 1.42. The predicted octanol–water partition coefficient (Wildman–Crippen LogP) is 0.0286. The van der Waals surface area contributed by atoms with Crippen molar-refractivity contribution in [2.45, 2.75) is 38.3 Å². The van der Waals surface area contributed by atoms with Crippen molar-refractivity contribution in [2.24, 2.45) is 0 Å². The lowest BCUT2D eigenvalue weighted by molar-refractivity contribution is -0.140. The van der Waals surface area contributed by atoms with Gasteiger partial charge in [0.25, 0.3) is 0 Å². The fourth-order valence-corrected chi connectivity index (χ4v) is 1.42. The van der Waals surface area contributed by atoms with Gasteiger partial charge in [0, 0.05) is 13.5 Å². The minimum Gasteiger partial charge on any atom is -0.481 e. The highest BCUT2D eigenvalue weighted by molar-refractivity contribution is 5.83. The maximum Gasteiger partial charge on any atom is 0.326 e. The highest BCUT2D eigenvalue weighted by Crippen LogP contribution is 2.03. The highest BCUT2D eigenvalue weighted by Gasteiger charge is 2.25. The number of rotatable bonds is 8. The van der Waals surface area contributed by atoms with Gasteiger partial charge in [-0.15, -0.1) is 0 Å². The summed E-state index contributed by atoms with van der Waals surface area (Å²) in [7, 11) is 1.48. The van der Waals surface area contributed by atoms with Crippen LogP contribution in [0.5, 0.6) is 0 Å². The third kappa shape index (κ3) is 7.98. The molecule has 0 saturated heterocycles. The van der Waals surface area contributed by atoms with Crippen LogP contribution < -0.4 is 10.6 Å². The minimum atomic E-state index is -1.28. The summed E-state index contributed by atoms with van der Waals surface area (Å²) in [4.78, 5) is 32.9. The maximum absolute atomic E-state index is 11.6. The van der Waals surface area contributed by atoms with Crippen LogP contribution in [-0.2, 0) is 14.3 Å². The monoisotopic (exact) mass is 276 g/mol. The van der Waals surface area contributed by atoms with Crippen LogP contribution in [0.3, 0.4) is 0 Å². The van der Waals surface area contributed by atoms with Crippen LogP contribution in [0.1, 0.15) is 26.7 Å². The van der Waals surface area contributed by atoms with Gasteiger partial charge in [0.05, 0.1) is 12.1 Å². The zero-order chi connectivity index (χ0) is 15.1. The number of carbonyl (C=O) groups is 3. The Hall–Kier alpha value is -1.83. The molecule has 2 amide bonds. The molecule has 0 rings (SSSR count). The van der Waals surface area contributed by atoms with Crippen molar-refractivity contribution in [2.75, 3.05) is 13.7 Å². The number of urea groups is 1. The molecule has 110 valence electrons. The van der Waals surface area contributed by atoms with E-state index < -0.39 is 29.6 Å². The third-order valence-electron chi connectivity index (χ3n) is 2.21. The van der Waals surface area contributed by atoms with Gasteiger partial charge < -0.3 is 25.6 Å². The number of carbonyl (C=O) groups excluding carboxylic acids is 1. The van der Waals surface area contributed by atoms with Crippen molar-refractivity contribution in [3.8, 4) is 0 Å². The Kier molecular flexibility index (Phi) is 6.84. The predicted molar refractivity (Wildman–Crippen MR) is 65.9 cm³/mol. The van der Waals surface area contributed by atoms with Crippen molar-refractivity contribution < 1.29 is 29.3 Å². The number of amides is 2. The molecule has 0 fully saturated rings. The van der Waals surface area contributed by atoms with Gasteiger partial charge in [-0.05, 0) is 20.3 Å². The van der Waals surface area contributed by atoms with E-state index in [0.29, 0.717) is 0 Å². The second kappa shape index (κ2) is 7.57. The average Bonchev–Trinajstić information content (AvgIpc) is 2.22. The Bertz CT molecular complexity index is 342. The normalized spacial score (nSPS) is 12.6. The van der Waals surface area contributed by atoms with Gasteiger partial charge in [-0.25, -0.2) is 9.59 Å². The fraction of sp³-hybridized carbons (Fsp3) is 0.727. The van der Waals surface area contributed by atoms with Crippen LogP contribution in [0.4, 0.5) is 4.79 Å². The number of hydrogen-bond donors (Lipinski definition) is 4. The zero-order valence-electron chi connectivity index (χ0n) is 11.2. The van der Waals surface area contributed by atoms with Gasteiger partial charge in [0.15, 0.2) is 0 Å². The van der Waals surface area contributed by atoms with Crippen LogP contribution in [0, 0.1) is 0 Å². The summed E-state index contributed by atoms with van der Waals surface area (Å²) in [5.41, 5.74) is -0.658. The Morgan fingerprint density at radius 3 is 2.26 bits per heavy atom. The number of carboxylic acid groups (broad SMARTS) is 2. The molecule has 8 heteroatoms. The van der Waals surface area contributed by atoms with Gasteiger partial charge >= 0.3 is 18.0 Å². The number of aliphatic carboxylic acids is 2. The van der Waals surface area contributed by atoms with E-state index in [1.807, 2.05) is 0 Å². The molecule has 19 heavy (non-hydrogen) atoms. The Morgan fingerprint density at radius 2 is 1.84 bits per heavy atom. The second-order valence-corrected chi connectivity index (χ2v) is 4.74. The molecular weight excluding hydrogens is 256 g/mol. The van der Waals surface area contributed by atoms with Crippen molar-refractivity contribution >= 4 is 18.0 Å². The molecule has 0 bridgehead atoms. The zero-order valence-corrected chi connectivity index (χ0v) is 11.2. The van der Waals surface area contributed by atoms with Crippen molar-refractivity contribution in [3.63, 3.8) is 0 Å². The van der Waals surface area contributed by atoms with Crippen LogP contribution in [0.15, 0.2) is 0 Å². The largest absolute Gasteiger partial charge is 0.481 e. The third-order valence-corrected chi connectivity index (χ3v) is 2.21. The van der Waals surface area contributed by atoms with E-state index in [9.17, 15) is 14.4 Å². The summed E-state index contributed by atoms with van der Waals surface area (Å²) in [6.45, 7) is 3.68. The Morgan fingerprint density at radius 1 is 1.26 bits per heavy atom. The molecule has 4 N–H and O–H groups in total. The second-order valence-electron chi connectivity index (χ2n) is 4.74. The number of hydrogen-bond acceptors (Lipinski definition) is 4. The molecule has 1 atom stereocenters. The lowest BCUT2D eigenvalue weighted by atomic mass is 10.1. The van der Waals surface area contributed by atoms with E-state index in [1.54, 1.807) is 13.8 Å². The molecule has 0 unspecified atom stereocenters. The van der Waals surface area contributed by atoms with Gasteiger partial charge in [-0.3, -0.25) is 4.79 Å². The van der Waals surface area contributed by atoms with Gasteiger partial charge in [-0.1, -0.05) is 0 Å².